The third-order valence-electron chi connectivity index (χ3n) is 5.72. The van der Waals surface area contributed by atoms with E-state index < -0.39 is 0 Å². The predicted octanol–water partition coefficient (Wildman–Crippen LogP) is 3.60. The Morgan fingerprint density at radius 1 is 1.24 bits per heavy atom. The van der Waals surface area contributed by atoms with Crippen molar-refractivity contribution in [3.05, 3.63) is 58.4 Å². The quantitative estimate of drug-likeness (QED) is 0.576. The first-order chi connectivity index (χ1) is 14.2. The first-order valence-corrected chi connectivity index (χ1v) is 11.3. The van der Waals surface area contributed by atoms with Crippen LogP contribution in [0.15, 0.2) is 47.3 Å². The fraction of sp³-hybridized carbons (Fsp3) is 0.435. The van der Waals surface area contributed by atoms with Gasteiger partial charge in [-0.3, -0.25) is 9.69 Å². The highest BCUT2D eigenvalue weighted by Gasteiger charge is 2.22. The molecule has 1 saturated heterocycles. The number of fused-ring (bicyclic) bond motifs is 1. The van der Waals surface area contributed by atoms with Crippen molar-refractivity contribution in [2.24, 2.45) is 7.05 Å². The number of aromatic nitrogens is 1. The number of amides is 1. The fourth-order valence-electron chi connectivity index (χ4n) is 4.14. The normalized spacial score (nSPS) is 16.2. The lowest BCUT2D eigenvalue weighted by Gasteiger charge is -2.26. The molecule has 1 atom stereocenters. The Hall–Kier alpha value is -2.15. The van der Waals surface area contributed by atoms with Crippen molar-refractivity contribution in [2.75, 3.05) is 39.4 Å². The van der Waals surface area contributed by atoms with Crippen molar-refractivity contribution in [1.29, 1.82) is 0 Å². The molecule has 1 N–H and O–H groups in total. The summed E-state index contributed by atoms with van der Waals surface area (Å²) in [6.45, 7) is 5.37. The summed E-state index contributed by atoms with van der Waals surface area (Å²) in [5.74, 6) is 0.197. The van der Waals surface area contributed by atoms with Crippen LogP contribution in [-0.4, -0.2) is 54.8 Å². The zero-order valence-electron chi connectivity index (χ0n) is 17.0. The van der Waals surface area contributed by atoms with E-state index in [2.05, 4.69) is 69.1 Å². The number of hydrogen-bond donors (Lipinski definition) is 1. The Morgan fingerprint density at radius 3 is 2.86 bits per heavy atom. The zero-order chi connectivity index (χ0) is 20.1. The van der Waals surface area contributed by atoms with E-state index in [-0.39, 0.29) is 11.8 Å². The zero-order valence-corrected chi connectivity index (χ0v) is 17.8. The maximum Gasteiger partial charge on any atom is 0.220 e. The molecule has 3 aromatic rings. The summed E-state index contributed by atoms with van der Waals surface area (Å²) in [6.07, 6.45) is 3.63. The van der Waals surface area contributed by atoms with Crippen LogP contribution in [0.4, 0.5) is 0 Å². The Morgan fingerprint density at radius 2 is 2.07 bits per heavy atom. The van der Waals surface area contributed by atoms with Crippen molar-refractivity contribution in [2.45, 2.75) is 18.8 Å². The van der Waals surface area contributed by atoms with Gasteiger partial charge in [0.1, 0.15) is 0 Å². The van der Waals surface area contributed by atoms with Gasteiger partial charge >= 0.3 is 0 Å². The van der Waals surface area contributed by atoms with Crippen LogP contribution in [0.2, 0.25) is 0 Å². The molecule has 154 valence electrons. The van der Waals surface area contributed by atoms with E-state index in [0.29, 0.717) is 6.42 Å². The lowest BCUT2D eigenvalue weighted by atomic mass is 9.89. The van der Waals surface area contributed by atoms with Gasteiger partial charge < -0.3 is 14.6 Å². The molecule has 1 aromatic carbocycles. The second-order valence-corrected chi connectivity index (χ2v) is 8.46. The Bertz CT molecular complexity index is 929. The molecule has 2 aromatic heterocycles. The number of ether oxygens (including phenoxy) is 1. The molecule has 1 aliphatic heterocycles. The molecule has 5 nitrogen and oxygen atoms in total. The molecule has 3 heterocycles. The van der Waals surface area contributed by atoms with Crippen LogP contribution in [-0.2, 0) is 16.6 Å². The van der Waals surface area contributed by atoms with Crippen LogP contribution >= 0.6 is 11.3 Å². The third-order valence-corrected chi connectivity index (χ3v) is 6.42. The van der Waals surface area contributed by atoms with E-state index in [9.17, 15) is 4.79 Å². The van der Waals surface area contributed by atoms with Crippen molar-refractivity contribution < 1.29 is 9.53 Å². The van der Waals surface area contributed by atoms with Crippen molar-refractivity contribution in [1.82, 2.24) is 14.8 Å². The molecule has 1 fully saturated rings. The molecule has 0 radical (unpaired) electrons. The van der Waals surface area contributed by atoms with E-state index >= 15 is 0 Å². The van der Waals surface area contributed by atoms with Crippen LogP contribution in [0, 0.1) is 0 Å². The molecule has 1 unspecified atom stereocenters. The van der Waals surface area contributed by atoms with Gasteiger partial charge in [0, 0.05) is 56.1 Å². The van der Waals surface area contributed by atoms with Crippen LogP contribution < -0.4 is 5.32 Å². The number of para-hydroxylation sites is 1. The molecule has 29 heavy (non-hydrogen) atoms. The molecule has 4 rings (SSSR count). The third kappa shape index (κ3) is 4.89. The van der Waals surface area contributed by atoms with Gasteiger partial charge in [-0.15, -0.1) is 0 Å². The Labute approximate surface area is 176 Å². The first kappa shape index (κ1) is 20.1. The molecular formula is C23H29N3O2S. The summed E-state index contributed by atoms with van der Waals surface area (Å²) < 4.78 is 7.54. The maximum absolute atomic E-state index is 12.8. The average molecular weight is 412 g/mol. The minimum absolute atomic E-state index is 0.0755. The molecule has 0 bridgehead atoms. The van der Waals surface area contributed by atoms with Gasteiger partial charge in [0.2, 0.25) is 5.91 Å². The number of thiophene rings is 1. The van der Waals surface area contributed by atoms with E-state index in [0.717, 1.165) is 45.8 Å². The molecule has 1 amide bonds. The summed E-state index contributed by atoms with van der Waals surface area (Å²) in [7, 11) is 2.07. The SMILES string of the molecule is Cn1cc(C(CC(=O)NCCCN2CCOCC2)c2ccsc2)c2ccccc21. The second-order valence-electron chi connectivity index (χ2n) is 7.68. The van der Waals surface area contributed by atoms with Crippen LogP contribution in [0.1, 0.15) is 29.9 Å². The number of carbonyl (C=O) groups is 1. The van der Waals surface area contributed by atoms with Gasteiger partial charge in [-0.25, -0.2) is 0 Å². The number of nitrogens with one attached hydrogen (secondary N) is 1. The number of morpholine rings is 1. The number of rotatable bonds is 8. The number of aryl methyl sites for hydroxylation is 1. The topological polar surface area (TPSA) is 46.5 Å². The van der Waals surface area contributed by atoms with E-state index in [1.54, 1.807) is 11.3 Å². The summed E-state index contributed by atoms with van der Waals surface area (Å²) in [5.41, 5.74) is 3.65. The van der Waals surface area contributed by atoms with Crippen LogP contribution in [0.25, 0.3) is 10.9 Å². The largest absolute Gasteiger partial charge is 0.379 e. The standard InChI is InChI=1S/C23H29N3O2S/c1-25-16-21(19-5-2-3-6-22(19)25)20(18-7-14-29-17-18)15-23(27)24-8-4-9-26-10-12-28-13-11-26/h2-3,5-7,14,16-17,20H,4,8-13,15H2,1H3,(H,24,27). The smallest absolute Gasteiger partial charge is 0.220 e. The van der Waals surface area contributed by atoms with Gasteiger partial charge in [0.05, 0.1) is 13.2 Å². The molecule has 0 spiro atoms. The first-order valence-electron chi connectivity index (χ1n) is 10.3. The molecular weight excluding hydrogens is 382 g/mol. The summed E-state index contributed by atoms with van der Waals surface area (Å²) in [6, 6.07) is 10.6. The monoisotopic (exact) mass is 411 g/mol. The Kier molecular flexibility index (Phi) is 6.64. The van der Waals surface area contributed by atoms with Gasteiger partial charge in [-0.2, -0.15) is 11.3 Å². The number of hydrogen-bond acceptors (Lipinski definition) is 4. The highest BCUT2D eigenvalue weighted by Crippen LogP contribution is 2.35. The number of nitrogens with zero attached hydrogens (tertiary/aromatic N) is 2. The van der Waals surface area contributed by atoms with Crippen LogP contribution in [0.5, 0.6) is 0 Å². The van der Waals surface area contributed by atoms with E-state index in [1.807, 2.05) is 0 Å². The maximum atomic E-state index is 12.8. The van der Waals surface area contributed by atoms with Crippen molar-refractivity contribution in [3.63, 3.8) is 0 Å². The number of benzene rings is 1. The predicted molar refractivity (Wildman–Crippen MR) is 119 cm³/mol. The summed E-state index contributed by atoms with van der Waals surface area (Å²) in [4.78, 5) is 15.2. The second kappa shape index (κ2) is 9.57. The lowest BCUT2D eigenvalue weighted by Crippen LogP contribution is -2.38. The van der Waals surface area contributed by atoms with E-state index in [4.69, 9.17) is 4.74 Å². The Balaban J connectivity index is 1.41. The lowest BCUT2D eigenvalue weighted by molar-refractivity contribution is -0.121. The van der Waals surface area contributed by atoms with Gasteiger partial charge in [-0.1, -0.05) is 18.2 Å². The van der Waals surface area contributed by atoms with E-state index in [1.165, 1.54) is 22.0 Å². The summed E-state index contributed by atoms with van der Waals surface area (Å²) >= 11 is 1.68. The number of carbonyl (C=O) groups excluding carboxylic acids is 1. The van der Waals surface area contributed by atoms with Gasteiger partial charge in [-0.05, 0) is 47.0 Å². The van der Waals surface area contributed by atoms with Gasteiger partial charge in [0.25, 0.3) is 0 Å². The minimum atomic E-state index is 0.0755. The highest BCUT2D eigenvalue weighted by atomic mass is 32.1. The van der Waals surface area contributed by atoms with Crippen molar-refractivity contribution >= 4 is 28.1 Å². The highest BCUT2D eigenvalue weighted by molar-refractivity contribution is 7.08. The van der Waals surface area contributed by atoms with Crippen LogP contribution in [0.3, 0.4) is 0 Å². The molecule has 6 heteroatoms. The molecule has 0 aliphatic carbocycles. The van der Waals surface area contributed by atoms with Gasteiger partial charge in [0.15, 0.2) is 0 Å². The minimum Gasteiger partial charge on any atom is -0.379 e. The molecule has 1 aliphatic rings. The fourth-order valence-corrected chi connectivity index (χ4v) is 4.86. The summed E-state index contributed by atoms with van der Waals surface area (Å²) in [5, 5.41) is 8.62. The van der Waals surface area contributed by atoms with Crippen molar-refractivity contribution in [3.8, 4) is 0 Å². The molecule has 0 saturated carbocycles. The average Bonchev–Trinajstić information content (AvgIpc) is 3.39.